The summed E-state index contributed by atoms with van der Waals surface area (Å²) >= 11 is 0. The van der Waals surface area contributed by atoms with Gasteiger partial charge in [-0.2, -0.15) is 0 Å². The predicted molar refractivity (Wildman–Crippen MR) is 95.1 cm³/mol. The van der Waals surface area contributed by atoms with E-state index in [4.69, 9.17) is 0 Å². The average molecular weight is 324 g/mol. The van der Waals surface area contributed by atoms with Gasteiger partial charge in [-0.1, -0.05) is 6.07 Å². The molecule has 1 saturated carbocycles. The van der Waals surface area contributed by atoms with E-state index in [0.717, 1.165) is 37.2 Å². The van der Waals surface area contributed by atoms with Crippen LogP contribution in [-0.2, 0) is 4.79 Å². The molecule has 2 heterocycles. The molecule has 1 aliphatic carbocycles. The molecule has 126 valence electrons. The third-order valence-corrected chi connectivity index (χ3v) is 4.71. The van der Waals surface area contributed by atoms with Crippen LogP contribution in [0.4, 0.5) is 11.5 Å². The van der Waals surface area contributed by atoms with Crippen LogP contribution in [0.1, 0.15) is 37.2 Å². The smallest absolute Gasteiger partial charge is 0.225 e. The number of aromatic nitrogens is 2. The molecule has 0 radical (unpaired) electrons. The monoisotopic (exact) mass is 324 g/mol. The lowest BCUT2D eigenvalue weighted by atomic mass is 9.78. The molecule has 1 fully saturated rings. The number of hydrogen-bond donors (Lipinski definition) is 1. The van der Waals surface area contributed by atoms with Gasteiger partial charge in [-0.25, -0.2) is 4.98 Å². The first kappa shape index (κ1) is 16.4. The molecular formula is C19H24N4O. The maximum Gasteiger partial charge on any atom is 0.225 e. The minimum absolute atomic E-state index is 0.190. The molecule has 5 heteroatoms. The van der Waals surface area contributed by atoms with Gasteiger partial charge in [0.1, 0.15) is 5.82 Å². The first-order chi connectivity index (χ1) is 11.6. The molecule has 5 nitrogen and oxygen atoms in total. The van der Waals surface area contributed by atoms with E-state index in [1.54, 1.807) is 17.3 Å². The molecule has 0 saturated heterocycles. The van der Waals surface area contributed by atoms with Crippen molar-refractivity contribution >= 4 is 17.4 Å². The van der Waals surface area contributed by atoms with E-state index in [0.29, 0.717) is 5.92 Å². The maximum absolute atomic E-state index is 12.1. The van der Waals surface area contributed by atoms with Crippen molar-refractivity contribution in [1.82, 2.24) is 14.9 Å². The summed E-state index contributed by atoms with van der Waals surface area (Å²) in [4.78, 5) is 22.4. The highest BCUT2D eigenvalue weighted by Crippen LogP contribution is 2.36. The standard InChI is InChI=1S/C19H24N4O/c1-23(2)19(24)15-7-5-14(6-8-15)16-9-10-18(21-12-16)22-17-4-3-11-20-13-17/h3-4,9-15H,5-8H2,1-2H3,(H,21,22)/t14-,15+. The Morgan fingerprint density at radius 3 is 2.50 bits per heavy atom. The summed E-state index contributed by atoms with van der Waals surface area (Å²) in [5, 5.41) is 3.24. The van der Waals surface area contributed by atoms with Gasteiger partial charge >= 0.3 is 0 Å². The third-order valence-electron chi connectivity index (χ3n) is 4.71. The lowest BCUT2D eigenvalue weighted by Crippen LogP contribution is -2.31. The highest BCUT2D eigenvalue weighted by atomic mass is 16.2. The van der Waals surface area contributed by atoms with Crippen LogP contribution in [0.2, 0.25) is 0 Å². The highest BCUT2D eigenvalue weighted by Gasteiger charge is 2.28. The Hall–Kier alpha value is -2.43. The van der Waals surface area contributed by atoms with Crippen molar-refractivity contribution in [1.29, 1.82) is 0 Å². The van der Waals surface area contributed by atoms with Crippen LogP contribution < -0.4 is 5.32 Å². The maximum atomic E-state index is 12.1. The molecule has 3 rings (SSSR count). The van der Waals surface area contributed by atoms with Crippen LogP contribution in [0.25, 0.3) is 0 Å². The molecule has 0 aromatic carbocycles. The zero-order chi connectivity index (χ0) is 16.9. The van der Waals surface area contributed by atoms with E-state index in [1.807, 2.05) is 38.5 Å². The summed E-state index contributed by atoms with van der Waals surface area (Å²) in [6.07, 6.45) is 9.53. The molecule has 0 atom stereocenters. The first-order valence-corrected chi connectivity index (χ1v) is 8.47. The third kappa shape index (κ3) is 3.91. The van der Waals surface area contributed by atoms with E-state index in [1.165, 1.54) is 5.56 Å². The van der Waals surface area contributed by atoms with Crippen LogP contribution in [0, 0.1) is 5.92 Å². The molecule has 0 aliphatic heterocycles. The Bertz CT molecular complexity index is 662. The van der Waals surface area contributed by atoms with Gasteiger partial charge in [0.25, 0.3) is 0 Å². The van der Waals surface area contributed by atoms with Gasteiger partial charge in [0.05, 0.1) is 11.9 Å². The summed E-state index contributed by atoms with van der Waals surface area (Å²) < 4.78 is 0. The van der Waals surface area contributed by atoms with Crippen molar-refractivity contribution in [2.45, 2.75) is 31.6 Å². The number of nitrogens with zero attached hydrogens (tertiary/aromatic N) is 3. The van der Waals surface area contributed by atoms with Crippen LogP contribution in [0.15, 0.2) is 42.9 Å². The van der Waals surface area contributed by atoms with Crippen LogP contribution in [0.5, 0.6) is 0 Å². The van der Waals surface area contributed by atoms with Gasteiger partial charge in [-0.05, 0) is 55.4 Å². The first-order valence-electron chi connectivity index (χ1n) is 8.47. The fourth-order valence-corrected chi connectivity index (χ4v) is 3.34. The largest absolute Gasteiger partial charge is 0.349 e. The topological polar surface area (TPSA) is 58.1 Å². The number of pyridine rings is 2. The summed E-state index contributed by atoms with van der Waals surface area (Å²) in [7, 11) is 3.68. The van der Waals surface area contributed by atoms with Gasteiger partial charge in [-0.15, -0.1) is 0 Å². The van der Waals surface area contributed by atoms with Crippen molar-refractivity contribution in [3.63, 3.8) is 0 Å². The molecule has 24 heavy (non-hydrogen) atoms. The number of anilines is 2. The Kier molecular flexibility index (Phi) is 5.08. The molecule has 2 aromatic heterocycles. The second-order valence-electron chi connectivity index (χ2n) is 6.62. The number of rotatable bonds is 4. The van der Waals surface area contributed by atoms with Gasteiger partial charge in [0.2, 0.25) is 5.91 Å². The Labute approximate surface area is 143 Å². The predicted octanol–water partition coefficient (Wildman–Crippen LogP) is 3.58. The molecule has 2 aromatic rings. The Morgan fingerprint density at radius 1 is 1.12 bits per heavy atom. The second-order valence-corrected chi connectivity index (χ2v) is 6.62. The minimum Gasteiger partial charge on any atom is -0.349 e. The number of hydrogen-bond acceptors (Lipinski definition) is 4. The van der Waals surface area contributed by atoms with Gasteiger partial charge in [0.15, 0.2) is 0 Å². The molecule has 0 bridgehead atoms. The molecule has 0 spiro atoms. The van der Waals surface area contributed by atoms with Crippen molar-refractivity contribution in [2.24, 2.45) is 5.92 Å². The second kappa shape index (κ2) is 7.43. The molecule has 0 unspecified atom stereocenters. The van der Waals surface area contributed by atoms with E-state index < -0.39 is 0 Å². The average Bonchev–Trinajstić information content (AvgIpc) is 2.63. The lowest BCUT2D eigenvalue weighted by Gasteiger charge is -2.29. The summed E-state index contributed by atoms with van der Waals surface area (Å²) in [6, 6.07) is 8.01. The Morgan fingerprint density at radius 2 is 1.92 bits per heavy atom. The number of carbonyl (C=O) groups is 1. The molecule has 1 N–H and O–H groups in total. The normalized spacial score (nSPS) is 20.4. The number of amides is 1. The van der Waals surface area contributed by atoms with Gasteiger partial charge in [0, 0.05) is 32.4 Å². The summed E-state index contributed by atoms with van der Waals surface area (Å²) in [5.74, 6) is 1.79. The molecule has 1 amide bonds. The van der Waals surface area contributed by atoms with Gasteiger partial charge in [-0.3, -0.25) is 9.78 Å². The number of nitrogens with one attached hydrogen (secondary N) is 1. The van der Waals surface area contributed by atoms with E-state index >= 15 is 0 Å². The van der Waals surface area contributed by atoms with Crippen molar-refractivity contribution in [3.8, 4) is 0 Å². The zero-order valence-corrected chi connectivity index (χ0v) is 14.3. The fraction of sp³-hybridized carbons (Fsp3) is 0.421. The lowest BCUT2D eigenvalue weighted by molar-refractivity contribution is -0.134. The van der Waals surface area contributed by atoms with Crippen LogP contribution >= 0.6 is 0 Å². The van der Waals surface area contributed by atoms with E-state index in [9.17, 15) is 4.79 Å². The number of carbonyl (C=O) groups excluding carboxylic acids is 1. The minimum atomic E-state index is 0.190. The SMILES string of the molecule is CN(C)C(=O)[C@H]1CC[C@@H](c2ccc(Nc3cccnc3)nc2)CC1. The fourth-order valence-electron chi connectivity index (χ4n) is 3.34. The van der Waals surface area contributed by atoms with Crippen molar-refractivity contribution in [3.05, 3.63) is 48.4 Å². The van der Waals surface area contributed by atoms with Crippen molar-refractivity contribution in [2.75, 3.05) is 19.4 Å². The quantitative estimate of drug-likeness (QED) is 0.934. The molecule has 1 aliphatic rings. The van der Waals surface area contributed by atoms with Crippen molar-refractivity contribution < 1.29 is 4.79 Å². The van der Waals surface area contributed by atoms with E-state index in [2.05, 4.69) is 21.4 Å². The Balaban J connectivity index is 1.58. The van der Waals surface area contributed by atoms with Gasteiger partial charge < -0.3 is 10.2 Å². The highest BCUT2D eigenvalue weighted by molar-refractivity contribution is 5.78. The van der Waals surface area contributed by atoms with E-state index in [-0.39, 0.29) is 11.8 Å². The van der Waals surface area contributed by atoms with Crippen LogP contribution in [-0.4, -0.2) is 34.9 Å². The summed E-state index contributed by atoms with van der Waals surface area (Å²) in [5.41, 5.74) is 2.20. The zero-order valence-electron chi connectivity index (χ0n) is 14.3. The van der Waals surface area contributed by atoms with Crippen LogP contribution in [0.3, 0.4) is 0 Å². The molecular weight excluding hydrogens is 300 g/mol. The summed E-state index contributed by atoms with van der Waals surface area (Å²) in [6.45, 7) is 0.